The maximum Gasteiger partial charge on any atom is 0.181 e. The molecule has 9 heteroatoms. The molecule has 48 heavy (non-hydrogen) atoms. The highest BCUT2D eigenvalue weighted by Gasteiger charge is 2.18. The van der Waals surface area contributed by atoms with Crippen LogP contribution in [0.1, 0.15) is 64.5 Å². The van der Waals surface area contributed by atoms with Gasteiger partial charge in [-0.3, -0.25) is 5.10 Å². The SMILES string of the molecule is C=C/C(=C\C(=C/C)c1cnc2n[nH]c(-c3nc4nccc(-c5cc(F)cc(CCCN6CCCC6)c5)c4[nH]3)c2c1)NC(=C)CC(C)(C)C. The molecule has 3 N–H and O–H groups in total. The molecular weight excluding hydrogens is 599 g/mol. The number of likely N-dealkylation sites (tertiary alicyclic amines) is 1. The van der Waals surface area contributed by atoms with E-state index in [4.69, 9.17) is 4.98 Å². The summed E-state index contributed by atoms with van der Waals surface area (Å²) in [6.07, 6.45) is 14.6. The van der Waals surface area contributed by atoms with E-state index >= 15 is 0 Å². The molecule has 0 atom stereocenters. The van der Waals surface area contributed by atoms with Gasteiger partial charge in [0, 0.05) is 34.9 Å². The van der Waals surface area contributed by atoms with Crippen molar-refractivity contribution in [2.24, 2.45) is 5.41 Å². The summed E-state index contributed by atoms with van der Waals surface area (Å²) in [4.78, 5) is 20.0. The summed E-state index contributed by atoms with van der Waals surface area (Å²) < 4.78 is 14.9. The van der Waals surface area contributed by atoms with E-state index in [1.807, 2.05) is 31.3 Å². The summed E-state index contributed by atoms with van der Waals surface area (Å²) in [5, 5.41) is 11.8. The van der Waals surface area contributed by atoms with Gasteiger partial charge in [-0.2, -0.15) is 5.10 Å². The molecule has 0 aliphatic carbocycles. The molecule has 6 rings (SSSR count). The minimum Gasteiger partial charge on any atom is -0.359 e. The van der Waals surface area contributed by atoms with Gasteiger partial charge in [0.15, 0.2) is 17.1 Å². The van der Waals surface area contributed by atoms with Crippen molar-refractivity contribution in [1.82, 2.24) is 40.3 Å². The van der Waals surface area contributed by atoms with Gasteiger partial charge in [-0.15, -0.1) is 0 Å². The van der Waals surface area contributed by atoms with Gasteiger partial charge in [-0.25, -0.2) is 19.3 Å². The number of hydrogen-bond acceptors (Lipinski definition) is 6. The number of hydrogen-bond donors (Lipinski definition) is 3. The first kappa shape index (κ1) is 33.0. The van der Waals surface area contributed by atoms with Crippen molar-refractivity contribution in [1.29, 1.82) is 0 Å². The molecule has 1 saturated heterocycles. The predicted molar refractivity (Wildman–Crippen MR) is 194 cm³/mol. The number of imidazole rings is 1. The number of allylic oxidation sites excluding steroid dienone is 5. The number of fused-ring (bicyclic) bond motifs is 2. The minimum atomic E-state index is -0.242. The summed E-state index contributed by atoms with van der Waals surface area (Å²) in [5.41, 5.74) is 8.99. The normalized spacial score (nSPS) is 14.7. The number of pyridine rings is 2. The monoisotopic (exact) mass is 644 g/mol. The molecule has 0 spiro atoms. The summed E-state index contributed by atoms with van der Waals surface area (Å²) in [7, 11) is 0. The number of aryl methyl sites for hydroxylation is 1. The Labute approximate surface area is 282 Å². The van der Waals surface area contributed by atoms with Gasteiger partial charge in [0.05, 0.1) is 10.9 Å². The molecule has 1 aliphatic heterocycles. The van der Waals surface area contributed by atoms with Crippen molar-refractivity contribution in [3.8, 4) is 22.6 Å². The molecule has 1 aromatic carbocycles. The van der Waals surface area contributed by atoms with E-state index in [1.165, 1.54) is 25.9 Å². The lowest BCUT2D eigenvalue weighted by Crippen LogP contribution is -2.20. The standard InChI is InChI=1S/C39H45FN8/c1-7-27(21-31(8-2)43-25(3)23-39(4,5)6)29-22-33-35(46-47-36(33)42-24-29)38-44-34-32(13-14-41-37(34)45-38)28-18-26(19-30(40)20-28)12-11-17-48-15-9-10-16-48/h7-8,13-14,18-22,24,43H,2-3,9-12,15-17,23H2,1,4-6H3,(H,41,44,45)(H,42,46,47)/b27-7+,31-21+. The first-order chi connectivity index (χ1) is 23.1. The van der Waals surface area contributed by atoms with Crippen molar-refractivity contribution in [3.63, 3.8) is 0 Å². The Balaban J connectivity index is 1.29. The molecule has 0 unspecified atom stereocenters. The van der Waals surface area contributed by atoms with Gasteiger partial charge in [0.25, 0.3) is 0 Å². The van der Waals surface area contributed by atoms with E-state index in [-0.39, 0.29) is 11.2 Å². The third-order valence-electron chi connectivity index (χ3n) is 8.69. The average Bonchev–Trinajstić information content (AvgIpc) is 3.81. The number of halogens is 1. The average molecular weight is 645 g/mol. The minimum absolute atomic E-state index is 0.117. The third kappa shape index (κ3) is 7.63. The Kier molecular flexibility index (Phi) is 9.68. The topological polar surface area (TPSA) is 98.4 Å². The van der Waals surface area contributed by atoms with E-state index in [9.17, 15) is 4.39 Å². The number of aromatic nitrogens is 6. The van der Waals surface area contributed by atoms with Crippen LogP contribution < -0.4 is 5.32 Å². The summed E-state index contributed by atoms with van der Waals surface area (Å²) in [6.45, 7) is 20.2. The predicted octanol–water partition coefficient (Wildman–Crippen LogP) is 8.74. The number of nitrogens with one attached hydrogen (secondary N) is 3. The lowest BCUT2D eigenvalue weighted by atomic mass is 9.91. The smallest absolute Gasteiger partial charge is 0.181 e. The summed E-state index contributed by atoms with van der Waals surface area (Å²) in [5.74, 6) is 0.340. The second kappa shape index (κ2) is 14.1. The van der Waals surface area contributed by atoms with E-state index in [0.29, 0.717) is 22.8 Å². The molecule has 0 amide bonds. The van der Waals surface area contributed by atoms with Crippen LogP contribution in [0, 0.1) is 11.2 Å². The van der Waals surface area contributed by atoms with Gasteiger partial charge >= 0.3 is 0 Å². The molecule has 248 valence electrons. The molecule has 4 aromatic heterocycles. The van der Waals surface area contributed by atoms with Gasteiger partial charge in [0.2, 0.25) is 0 Å². The molecule has 5 heterocycles. The first-order valence-electron chi connectivity index (χ1n) is 16.8. The fourth-order valence-electron chi connectivity index (χ4n) is 6.51. The zero-order valence-corrected chi connectivity index (χ0v) is 28.5. The van der Waals surface area contributed by atoms with E-state index in [1.54, 1.807) is 24.4 Å². The van der Waals surface area contributed by atoms with Gasteiger partial charge in [-0.05, 0) is 117 Å². The summed E-state index contributed by atoms with van der Waals surface area (Å²) in [6, 6.07) is 9.28. The number of nitrogens with zero attached hydrogens (tertiary/aromatic N) is 5. The van der Waals surface area contributed by atoms with Crippen LogP contribution in [0.25, 0.3) is 50.4 Å². The Morgan fingerprint density at radius 1 is 1.10 bits per heavy atom. The van der Waals surface area contributed by atoms with Crippen molar-refractivity contribution >= 4 is 27.8 Å². The molecule has 0 saturated carbocycles. The zero-order valence-electron chi connectivity index (χ0n) is 28.5. The van der Waals surface area contributed by atoms with E-state index in [2.05, 4.69) is 81.4 Å². The van der Waals surface area contributed by atoms with Crippen LogP contribution in [0.15, 0.2) is 85.5 Å². The van der Waals surface area contributed by atoms with Gasteiger partial charge < -0.3 is 15.2 Å². The largest absolute Gasteiger partial charge is 0.359 e. The molecule has 8 nitrogen and oxygen atoms in total. The van der Waals surface area contributed by atoms with Crippen LogP contribution in [-0.2, 0) is 6.42 Å². The number of benzene rings is 1. The highest BCUT2D eigenvalue weighted by atomic mass is 19.1. The second-order valence-electron chi connectivity index (χ2n) is 13.9. The Hall–Kier alpha value is -4.89. The van der Waals surface area contributed by atoms with Crippen LogP contribution in [0.3, 0.4) is 0 Å². The second-order valence-corrected chi connectivity index (χ2v) is 13.9. The number of aromatic amines is 2. The van der Waals surface area contributed by atoms with Crippen molar-refractivity contribution in [2.45, 2.75) is 59.8 Å². The third-order valence-corrected chi connectivity index (χ3v) is 8.69. The van der Waals surface area contributed by atoms with E-state index in [0.717, 1.165) is 75.9 Å². The number of H-pyrrole nitrogens is 2. The fraction of sp³-hybridized carbons (Fsp3) is 0.333. The molecular formula is C39H45FN8. The van der Waals surface area contributed by atoms with Crippen LogP contribution in [0.2, 0.25) is 0 Å². The molecule has 0 radical (unpaired) electrons. The van der Waals surface area contributed by atoms with Crippen molar-refractivity contribution in [3.05, 3.63) is 102 Å². The maximum atomic E-state index is 14.9. The van der Waals surface area contributed by atoms with E-state index < -0.39 is 0 Å². The lowest BCUT2D eigenvalue weighted by molar-refractivity contribution is 0.334. The molecule has 0 bridgehead atoms. The highest BCUT2D eigenvalue weighted by molar-refractivity contribution is 5.96. The van der Waals surface area contributed by atoms with Crippen LogP contribution in [-0.4, -0.2) is 54.7 Å². The molecule has 5 aromatic rings. The lowest BCUT2D eigenvalue weighted by Gasteiger charge is -2.21. The fourth-order valence-corrected chi connectivity index (χ4v) is 6.51. The van der Waals surface area contributed by atoms with Crippen molar-refractivity contribution < 1.29 is 4.39 Å². The number of rotatable bonds is 12. The highest BCUT2D eigenvalue weighted by Crippen LogP contribution is 2.32. The van der Waals surface area contributed by atoms with Crippen LogP contribution in [0.5, 0.6) is 0 Å². The Bertz CT molecular complexity index is 2020. The van der Waals surface area contributed by atoms with Crippen LogP contribution >= 0.6 is 0 Å². The van der Waals surface area contributed by atoms with Gasteiger partial charge in [0.1, 0.15) is 11.5 Å². The van der Waals surface area contributed by atoms with Crippen LogP contribution in [0.4, 0.5) is 4.39 Å². The summed E-state index contributed by atoms with van der Waals surface area (Å²) >= 11 is 0. The quantitative estimate of drug-likeness (QED) is 0.118. The maximum absolute atomic E-state index is 14.9. The first-order valence-corrected chi connectivity index (χ1v) is 16.8. The Morgan fingerprint density at radius 2 is 1.92 bits per heavy atom. The van der Waals surface area contributed by atoms with Crippen molar-refractivity contribution in [2.75, 3.05) is 19.6 Å². The molecule has 1 fully saturated rings. The Morgan fingerprint density at radius 3 is 2.67 bits per heavy atom. The zero-order chi connectivity index (χ0) is 33.8. The van der Waals surface area contributed by atoms with Gasteiger partial charge in [-0.1, -0.05) is 46.1 Å². The molecule has 1 aliphatic rings.